The van der Waals surface area contributed by atoms with E-state index < -0.39 is 9.84 Å². The molecule has 0 fully saturated rings. The topological polar surface area (TPSA) is 55.4 Å². The summed E-state index contributed by atoms with van der Waals surface area (Å²) in [6, 6.07) is 4.90. The maximum atomic E-state index is 11.7. The van der Waals surface area contributed by atoms with E-state index in [1.54, 1.807) is 25.3 Å². The largest absolute Gasteiger partial charge is 0.383 e. The SMILES string of the molecule is COCC(C)(C)NCc1c(Cl)cccc1S(C)(=O)=O. The fourth-order valence-electron chi connectivity index (χ4n) is 1.80. The molecule has 0 atom stereocenters. The van der Waals surface area contributed by atoms with Gasteiger partial charge >= 0.3 is 0 Å². The molecule has 0 amide bonds. The minimum Gasteiger partial charge on any atom is -0.383 e. The first-order valence-electron chi connectivity index (χ1n) is 5.89. The van der Waals surface area contributed by atoms with E-state index in [-0.39, 0.29) is 10.4 Å². The minimum absolute atomic E-state index is 0.261. The molecule has 1 aromatic carbocycles. The lowest BCUT2D eigenvalue weighted by atomic mass is 10.1. The van der Waals surface area contributed by atoms with Crippen molar-refractivity contribution in [1.82, 2.24) is 5.32 Å². The van der Waals surface area contributed by atoms with Crippen LogP contribution in [-0.2, 0) is 21.1 Å². The number of nitrogens with one attached hydrogen (secondary N) is 1. The summed E-state index contributed by atoms with van der Waals surface area (Å²) in [5, 5.41) is 3.70. The second kappa shape index (κ2) is 6.22. The highest BCUT2D eigenvalue weighted by Crippen LogP contribution is 2.24. The predicted octanol–water partition coefficient (Wildman–Crippen LogP) is 2.26. The number of hydrogen-bond acceptors (Lipinski definition) is 4. The Morgan fingerprint density at radius 3 is 2.53 bits per heavy atom. The summed E-state index contributed by atoms with van der Waals surface area (Å²) in [6.45, 7) is 4.85. The zero-order valence-corrected chi connectivity index (χ0v) is 13.2. The van der Waals surface area contributed by atoms with Gasteiger partial charge in [-0.3, -0.25) is 0 Å². The summed E-state index contributed by atoms with van der Waals surface area (Å²) in [7, 11) is -1.67. The molecule has 6 heteroatoms. The second-order valence-electron chi connectivity index (χ2n) is 5.16. The second-order valence-corrected chi connectivity index (χ2v) is 7.55. The van der Waals surface area contributed by atoms with Crippen LogP contribution in [-0.4, -0.2) is 33.9 Å². The lowest BCUT2D eigenvalue weighted by Gasteiger charge is -2.26. The summed E-state index contributed by atoms with van der Waals surface area (Å²) < 4.78 is 28.6. The van der Waals surface area contributed by atoms with E-state index in [2.05, 4.69) is 5.32 Å². The average Bonchev–Trinajstić information content (AvgIpc) is 2.25. The van der Waals surface area contributed by atoms with Crippen LogP contribution in [0, 0.1) is 0 Å². The smallest absolute Gasteiger partial charge is 0.175 e. The van der Waals surface area contributed by atoms with E-state index in [9.17, 15) is 8.42 Å². The van der Waals surface area contributed by atoms with Crippen LogP contribution < -0.4 is 5.32 Å². The zero-order chi connectivity index (χ0) is 14.7. The van der Waals surface area contributed by atoms with E-state index in [0.29, 0.717) is 23.7 Å². The van der Waals surface area contributed by atoms with Gasteiger partial charge in [-0.1, -0.05) is 17.7 Å². The van der Waals surface area contributed by atoms with Crippen LogP contribution in [0.25, 0.3) is 0 Å². The van der Waals surface area contributed by atoms with Gasteiger partial charge in [-0.15, -0.1) is 0 Å². The number of methoxy groups -OCH3 is 1. The molecular weight excluding hydrogens is 286 g/mol. The highest BCUT2D eigenvalue weighted by Gasteiger charge is 2.20. The third-order valence-corrected chi connectivity index (χ3v) is 4.26. The summed E-state index contributed by atoms with van der Waals surface area (Å²) in [4.78, 5) is 0.265. The third kappa shape index (κ3) is 4.76. The van der Waals surface area contributed by atoms with Gasteiger partial charge in [-0.2, -0.15) is 0 Å². The number of sulfone groups is 1. The first kappa shape index (κ1) is 16.4. The van der Waals surface area contributed by atoms with Crippen LogP contribution in [0.15, 0.2) is 23.1 Å². The maximum Gasteiger partial charge on any atom is 0.175 e. The number of ether oxygens (including phenoxy) is 1. The fraction of sp³-hybridized carbons (Fsp3) is 0.538. The van der Waals surface area contributed by atoms with E-state index in [1.807, 2.05) is 13.8 Å². The van der Waals surface area contributed by atoms with Gasteiger partial charge in [0.1, 0.15) is 0 Å². The Kier molecular flexibility index (Phi) is 5.38. The molecule has 19 heavy (non-hydrogen) atoms. The third-order valence-electron chi connectivity index (χ3n) is 2.72. The predicted molar refractivity (Wildman–Crippen MR) is 77.4 cm³/mol. The molecule has 108 valence electrons. The lowest BCUT2D eigenvalue weighted by molar-refractivity contribution is 0.127. The van der Waals surface area contributed by atoms with Crippen LogP contribution >= 0.6 is 11.6 Å². The van der Waals surface area contributed by atoms with Crippen LogP contribution in [0.5, 0.6) is 0 Å². The van der Waals surface area contributed by atoms with Crippen molar-refractivity contribution in [3.05, 3.63) is 28.8 Å². The van der Waals surface area contributed by atoms with Crippen molar-refractivity contribution in [2.45, 2.75) is 30.8 Å². The van der Waals surface area contributed by atoms with Crippen molar-refractivity contribution in [2.75, 3.05) is 20.0 Å². The molecule has 4 nitrogen and oxygen atoms in total. The summed E-state index contributed by atoms with van der Waals surface area (Å²) >= 11 is 6.11. The van der Waals surface area contributed by atoms with E-state index in [0.717, 1.165) is 0 Å². The van der Waals surface area contributed by atoms with Gasteiger partial charge in [0.05, 0.1) is 11.5 Å². The van der Waals surface area contributed by atoms with Gasteiger partial charge in [0.2, 0.25) is 0 Å². The van der Waals surface area contributed by atoms with Gasteiger partial charge < -0.3 is 10.1 Å². The Labute approximate surface area is 120 Å². The Balaban J connectivity index is 3.02. The molecule has 1 N–H and O–H groups in total. The molecule has 0 spiro atoms. The highest BCUT2D eigenvalue weighted by atomic mass is 35.5. The molecule has 0 saturated heterocycles. The normalized spacial score (nSPS) is 12.7. The molecule has 0 aromatic heterocycles. The Bertz CT molecular complexity index is 541. The maximum absolute atomic E-state index is 11.7. The van der Waals surface area contributed by atoms with Crippen molar-refractivity contribution in [3.63, 3.8) is 0 Å². The van der Waals surface area contributed by atoms with E-state index >= 15 is 0 Å². The van der Waals surface area contributed by atoms with Crippen molar-refractivity contribution in [2.24, 2.45) is 0 Å². The van der Waals surface area contributed by atoms with E-state index in [4.69, 9.17) is 16.3 Å². The molecule has 0 aliphatic rings. The van der Waals surface area contributed by atoms with Crippen LogP contribution in [0.1, 0.15) is 19.4 Å². The first-order chi connectivity index (χ1) is 8.67. The van der Waals surface area contributed by atoms with Crippen molar-refractivity contribution < 1.29 is 13.2 Å². The fourth-order valence-corrected chi connectivity index (χ4v) is 3.05. The molecule has 0 bridgehead atoms. The van der Waals surface area contributed by atoms with Crippen molar-refractivity contribution in [3.8, 4) is 0 Å². The number of rotatable bonds is 6. The zero-order valence-electron chi connectivity index (χ0n) is 11.7. The average molecular weight is 306 g/mol. The molecule has 0 aliphatic carbocycles. The number of halogens is 1. The van der Waals surface area contributed by atoms with Gasteiger partial charge in [-0.25, -0.2) is 8.42 Å². The Morgan fingerprint density at radius 2 is 2.00 bits per heavy atom. The van der Waals surface area contributed by atoms with Gasteiger partial charge in [0, 0.05) is 36.0 Å². The molecule has 1 aromatic rings. The van der Waals surface area contributed by atoms with Gasteiger partial charge in [0.15, 0.2) is 9.84 Å². The molecule has 0 saturated carbocycles. The molecule has 0 radical (unpaired) electrons. The summed E-state index contributed by atoms with van der Waals surface area (Å²) in [5.41, 5.74) is 0.332. The highest BCUT2D eigenvalue weighted by molar-refractivity contribution is 7.90. The van der Waals surface area contributed by atoms with Crippen molar-refractivity contribution in [1.29, 1.82) is 0 Å². The van der Waals surface area contributed by atoms with Crippen LogP contribution in [0.4, 0.5) is 0 Å². The Hall–Kier alpha value is -0.620. The first-order valence-corrected chi connectivity index (χ1v) is 8.16. The lowest BCUT2D eigenvalue weighted by Crippen LogP contribution is -2.43. The summed E-state index contributed by atoms with van der Waals surface area (Å²) in [6.07, 6.45) is 1.18. The standard InChI is InChI=1S/C13H20ClNO3S/c1-13(2,9-18-3)15-8-10-11(14)6-5-7-12(10)19(4,16)17/h5-7,15H,8-9H2,1-4H3. The summed E-state index contributed by atoms with van der Waals surface area (Å²) in [5.74, 6) is 0. The van der Waals surface area contributed by atoms with Gasteiger partial charge in [-0.05, 0) is 26.0 Å². The van der Waals surface area contributed by atoms with E-state index in [1.165, 1.54) is 6.26 Å². The monoisotopic (exact) mass is 305 g/mol. The number of benzene rings is 1. The molecule has 1 rings (SSSR count). The Morgan fingerprint density at radius 1 is 1.37 bits per heavy atom. The quantitative estimate of drug-likeness (QED) is 0.876. The van der Waals surface area contributed by atoms with Crippen LogP contribution in [0.2, 0.25) is 5.02 Å². The molecular formula is C13H20ClNO3S. The van der Waals surface area contributed by atoms with Crippen molar-refractivity contribution >= 4 is 21.4 Å². The molecule has 0 aliphatic heterocycles. The minimum atomic E-state index is -3.29. The molecule has 0 unspecified atom stereocenters. The van der Waals surface area contributed by atoms with Gasteiger partial charge in [0.25, 0.3) is 0 Å². The molecule has 0 heterocycles. The number of hydrogen-bond donors (Lipinski definition) is 1. The van der Waals surface area contributed by atoms with Crippen LogP contribution in [0.3, 0.4) is 0 Å².